The van der Waals surface area contributed by atoms with Crippen LogP contribution >= 0.6 is 11.8 Å². The van der Waals surface area contributed by atoms with E-state index in [4.69, 9.17) is 4.74 Å². The molecular formula is C11H20N2O2S. The average Bonchev–Trinajstić information content (AvgIpc) is 2.21. The molecular weight excluding hydrogens is 224 g/mol. The van der Waals surface area contributed by atoms with Crippen molar-refractivity contribution in [3.05, 3.63) is 0 Å². The Morgan fingerprint density at radius 1 is 1.69 bits per heavy atom. The summed E-state index contributed by atoms with van der Waals surface area (Å²) in [7, 11) is 0. The van der Waals surface area contributed by atoms with E-state index in [9.17, 15) is 4.79 Å². The lowest BCUT2D eigenvalue weighted by atomic mass is 9.97. The molecule has 0 aromatic rings. The molecule has 0 bridgehead atoms. The third-order valence-electron chi connectivity index (χ3n) is 2.23. The van der Waals surface area contributed by atoms with E-state index in [2.05, 4.69) is 24.2 Å². The number of thioether (sulfide) groups is 1. The van der Waals surface area contributed by atoms with Gasteiger partial charge in [0.1, 0.15) is 6.04 Å². The van der Waals surface area contributed by atoms with Crippen LogP contribution in [0, 0.1) is 5.41 Å². The van der Waals surface area contributed by atoms with Gasteiger partial charge in [0.05, 0.1) is 6.61 Å². The molecule has 1 atom stereocenters. The monoisotopic (exact) mass is 244 g/mol. The Balaban J connectivity index is 2.44. The first kappa shape index (κ1) is 13.4. The molecule has 5 heteroatoms. The number of hydrogen-bond donors (Lipinski definition) is 1. The Morgan fingerprint density at radius 3 is 2.88 bits per heavy atom. The minimum Gasteiger partial charge on any atom is -0.464 e. The third-order valence-corrected chi connectivity index (χ3v) is 3.68. The lowest BCUT2D eigenvalue weighted by Gasteiger charge is -2.28. The van der Waals surface area contributed by atoms with Crippen molar-refractivity contribution < 1.29 is 9.53 Å². The van der Waals surface area contributed by atoms with Gasteiger partial charge >= 0.3 is 5.97 Å². The molecule has 0 spiro atoms. The molecule has 4 nitrogen and oxygen atoms in total. The topological polar surface area (TPSA) is 50.7 Å². The molecule has 0 aromatic carbocycles. The molecule has 1 rings (SSSR count). The van der Waals surface area contributed by atoms with Crippen molar-refractivity contribution in [2.75, 3.05) is 18.9 Å². The number of esters is 1. The Bertz CT molecular complexity index is 290. The highest BCUT2D eigenvalue weighted by atomic mass is 32.2. The van der Waals surface area contributed by atoms with Crippen molar-refractivity contribution in [2.45, 2.75) is 33.7 Å². The van der Waals surface area contributed by atoms with Gasteiger partial charge in [-0.3, -0.25) is 4.99 Å². The van der Waals surface area contributed by atoms with Crippen LogP contribution in [0.4, 0.5) is 0 Å². The largest absolute Gasteiger partial charge is 0.464 e. The second kappa shape index (κ2) is 5.57. The van der Waals surface area contributed by atoms with Crippen LogP contribution in [0.1, 0.15) is 27.7 Å². The first-order chi connectivity index (χ1) is 7.44. The minimum absolute atomic E-state index is 0.226. The van der Waals surface area contributed by atoms with Gasteiger partial charge in [-0.2, -0.15) is 0 Å². The fourth-order valence-electron chi connectivity index (χ4n) is 1.24. The van der Waals surface area contributed by atoms with Gasteiger partial charge in [0.25, 0.3) is 0 Å². The van der Waals surface area contributed by atoms with Gasteiger partial charge in [-0.15, -0.1) is 0 Å². The van der Waals surface area contributed by atoms with Gasteiger partial charge < -0.3 is 10.1 Å². The summed E-state index contributed by atoms with van der Waals surface area (Å²) in [5.74, 6) is 0.796. The first-order valence-electron chi connectivity index (χ1n) is 5.55. The normalized spacial score (nSPS) is 20.9. The van der Waals surface area contributed by atoms with E-state index in [0.717, 1.165) is 17.5 Å². The van der Waals surface area contributed by atoms with E-state index in [1.165, 1.54) is 0 Å². The lowest BCUT2D eigenvalue weighted by Crippen LogP contribution is -2.41. The molecule has 0 aliphatic carbocycles. The Labute approximate surface area is 101 Å². The molecule has 0 amide bonds. The molecule has 0 fully saturated rings. The molecule has 0 saturated carbocycles. The Hall–Kier alpha value is -0.710. The maximum atomic E-state index is 11.4. The summed E-state index contributed by atoms with van der Waals surface area (Å²) in [6, 6.07) is -0.326. The maximum Gasteiger partial charge on any atom is 0.328 e. The number of hydrogen-bond acceptors (Lipinski definition) is 5. The third kappa shape index (κ3) is 4.04. The van der Waals surface area contributed by atoms with Crippen LogP contribution in [0.2, 0.25) is 0 Å². The molecule has 16 heavy (non-hydrogen) atoms. The van der Waals surface area contributed by atoms with E-state index < -0.39 is 0 Å². The molecule has 1 heterocycles. The number of amidine groups is 1. The molecule has 1 N–H and O–H groups in total. The summed E-state index contributed by atoms with van der Waals surface area (Å²) >= 11 is 1.67. The summed E-state index contributed by atoms with van der Waals surface area (Å²) in [5.41, 5.74) is 0.253. The molecule has 0 aromatic heterocycles. The van der Waals surface area contributed by atoms with Crippen LogP contribution in [0.25, 0.3) is 0 Å². The van der Waals surface area contributed by atoms with Crippen LogP contribution < -0.4 is 5.32 Å². The summed E-state index contributed by atoms with van der Waals surface area (Å²) < 4.78 is 4.92. The van der Waals surface area contributed by atoms with Crippen molar-refractivity contribution >= 4 is 22.9 Å². The van der Waals surface area contributed by atoms with Gasteiger partial charge in [-0.1, -0.05) is 25.6 Å². The van der Waals surface area contributed by atoms with Crippen LogP contribution in [0.5, 0.6) is 0 Å². The summed E-state index contributed by atoms with van der Waals surface area (Å²) in [5, 5.41) is 3.93. The Morgan fingerprint density at radius 2 is 2.38 bits per heavy atom. The highest BCUT2D eigenvalue weighted by molar-refractivity contribution is 8.13. The van der Waals surface area contributed by atoms with Gasteiger partial charge in [-0.05, 0) is 19.3 Å². The summed E-state index contributed by atoms with van der Waals surface area (Å²) in [6.07, 6.45) is 0. The van der Waals surface area contributed by atoms with E-state index in [1.54, 1.807) is 25.6 Å². The van der Waals surface area contributed by atoms with Crippen molar-refractivity contribution in [1.82, 2.24) is 5.32 Å². The van der Waals surface area contributed by atoms with E-state index in [1.807, 2.05) is 0 Å². The first-order valence-corrected chi connectivity index (χ1v) is 6.53. The van der Waals surface area contributed by atoms with Crippen molar-refractivity contribution in [3.8, 4) is 0 Å². The number of rotatable bonds is 3. The Kier molecular flexibility index (Phi) is 4.65. The fourth-order valence-corrected chi connectivity index (χ4v) is 2.27. The zero-order valence-electron chi connectivity index (χ0n) is 10.4. The van der Waals surface area contributed by atoms with E-state index in [-0.39, 0.29) is 17.4 Å². The van der Waals surface area contributed by atoms with E-state index in [0.29, 0.717) is 6.61 Å². The lowest BCUT2D eigenvalue weighted by molar-refractivity contribution is -0.144. The predicted molar refractivity (Wildman–Crippen MR) is 67.8 cm³/mol. The van der Waals surface area contributed by atoms with Crippen LogP contribution in [-0.4, -0.2) is 36.1 Å². The van der Waals surface area contributed by atoms with Crippen LogP contribution in [0.15, 0.2) is 4.99 Å². The molecule has 0 saturated heterocycles. The van der Waals surface area contributed by atoms with Gasteiger partial charge in [0, 0.05) is 12.3 Å². The standard InChI is InChI=1S/C11H20N2O2S/c1-5-15-9(14)8(2)13-10-12-6-11(3,4)7-16-10/h8H,5-7H2,1-4H3,(H,12,13). The minimum atomic E-state index is -0.326. The van der Waals surface area contributed by atoms with E-state index >= 15 is 0 Å². The van der Waals surface area contributed by atoms with Crippen LogP contribution in [-0.2, 0) is 9.53 Å². The van der Waals surface area contributed by atoms with Crippen molar-refractivity contribution in [2.24, 2.45) is 10.4 Å². The summed E-state index contributed by atoms with van der Waals surface area (Å²) in [6.45, 7) is 9.19. The zero-order chi connectivity index (χ0) is 12.2. The zero-order valence-corrected chi connectivity index (χ0v) is 11.2. The number of carbonyl (C=O) groups excluding carboxylic acids is 1. The predicted octanol–water partition coefficient (Wildman–Crippen LogP) is 1.66. The number of nitrogens with zero attached hydrogens (tertiary/aromatic N) is 1. The molecule has 0 radical (unpaired) electrons. The second-order valence-electron chi connectivity index (χ2n) is 4.69. The number of nitrogens with one attached hydrogen (secondary N) is 1. The SMILES string of the molecule is CCOC(=O)C(C)NC1=NCC(C)(C)CS1. The van der Waals surface area contributed by atoms with Gasteiger partial charge in [0.15, 0.2) is 5.17 Å². The fraction of sp³-hybridized carbons (Fsp3) is 0.818. The van der Waals surface area contributed by atoms with Crippen LogP contribution in [0.3, 0.4) is 0 Å². The maximum absolute atomic E-state index is 11.4. The van der Waals surface area contributed by atoms with Gasteiger partial charge in [0.2, 0.25) is 0 Å². The molecule has 1 aliphatic heterocycles. The quantitative estimate of drug-likeness (QED) is 0.767. The average molecular weight is 244 g/mol. The highest BCUT2D eigenvalue weighted by Gasteiger charge is 2.25. The molecule has 92 valence electrons. The number of aliphatic imine (C=N–C) groups is 1. The second-order valence-corrected chi connectivity index (χ2v) is 5.66. The van der Waals surface area contributed by atoms with Crippen molar-refractivity contribution in [1.29, 1.82) is 0 Å². The number of carbonyl (C=O) groups is 1. The molecule has 1 unspecified atom stereocenters. The molecule has 1 aliphatic rings. The summed E-state index contributed by atoms with van der Waals surface area (Å²) in [4.78, 5) is 15.8. The highest BCUT2D eigenvalue weighted by Crippen LogP contribution is 2.27. The number of ether oxygens (including phenoxy) is 1. The van der Waals surface area contributed by atoms with Crippen molar-refractivity contribution in [3.63, 3.8) is 0 Å². The van der Waals surface area contributed by atoms with Gasteiger partial charge in [-0.25, -0.2) is 4.79 Å². The smallest absolute Gasteiger partial charge is 0.328 e.